The number of nitrogens with two attached hydrogens (primary N) is 1. The molecule has 11 heteroatoms. The van der Waals surface area contributed by atoms with E-state index in [-0.39, 0.29) is 18.7 Å². The molecule has 0 bridgehead atoms. The van der Waals surface area contributed by atoms with Crippen molar-refractivity contribution < 1.29 is 31.1 Å². The van der Waals surface area contributed by atoms with Crippen LogP contribution in [0.5, 0.6) is 0 Å². The van der Waals surface area contributed by atoms with E-state index in [9.17, 15) is 31.1 Å². The van der Waals surface area contributed by atoms with Gasteiger partial charge in [-0.25, -0.2) is 0 Å². The van der Waals surface area contributed by atoms with E-state index in [1.807, 2.05) is 0 Å². The molecule has 2 rings (SSSR count). The summed E-state index contributed by atoms with van der Waals surface area (Å²) < 4.78 is 77.1. The van der Waals surface area contributed by atoms with Crippen LogP contribution in [-0.4, -0.2) is 35.3 Å². The smallest absolute Gasteiger partial charge is 0.400 e. The zero-order chi connectivity index (χ0) is 20.7. The molecule has 0 radical (unpaired) electrons. The van der Waals surface area contributed by atoms with Crippen LogP contribution < -0.4 is 5.73 Å². The van der Waals surface area contributed by atoms with E-state index in [2.05, 4.69) is 0 Å². The van der Waals surface area contributed by atoms with Gasteiger partial charge in [-0.2, -0.15) is 26.3 Å². The van der Waals surface area contributed by atoms with Crippen LogP contribution in [0.1, 0.15) is 29.3 Å². The first-order valence-corrected chi connectivity index (χ1v) is 7.96. The van der Waals surface area contributed by atoms with E-state index in [1.165, 1.54) is 6.92 Å². The van der Waals surface area contributed by atoms with Gasteiger partial charge in [0, 0.05) is 17.8 Å². The van der Waals surface area contributed by atoms with Gasteiger partial charge >= 0.3 is 12.4 Å². The van der Waals surface area contributed by atoms with Gasteiger partial charge in [0.15, 0.2) is 0 Å². The van der Waals surface area contributed by atoms with Crippen LogP contribution in [0.2, 0.25) is 5.02 Å². The molecule has 4 nitrogen and oxygen atoms in total. The predicted octanol–water partition coefficient (Wildman–Crippen LogP) is 4.39. The van der Waals surface area contributed by atoms with E-state index >= 15 is 0 Å². The SMILES string of the molecule is CC1C(N)=C(C(=N)C(F)(F)F)CCN1C(=O)c1cccc(C(F)(F)F)c1Cl. The Morgan fingerprint density at radius 1 is 1.26 bits per heavy atom. The minimum atomic E-state index is -4.89. The van der Waals surface area contributed by atoms with Gasteiger partial charge in [-0.15, -0.1) is 0 Å². The molecule has 1 aliphatic rings. The summed E-state index contributed by atoms with van der Waals surface area (Å²) in [6.07, 6.45) is -10.0. The highest BCUT2D eigenvalue weighted by Crippen LogP contribution is 2.37. The van der Waals surface area contributed by atoms with Crippen molar-refractivity contribution in [3.8, 4) is 0 Å². The fourth-order valence-electron chi connectivity index (χ4n) is 2.78. The predicted molar refractivity (Wildman–Crippen MR) is 86.6 cm³/mol. The van der Waals surface area contributed by atoms with Gasteiger partial charge < -0.3 is 10.6 Å². The Balaban J connectivity index is 2.38. The Kier molecular flexibility index (Phi) is 5.51. The fourth-order valence-corrected chi connectivity index (χ4v) is 3.09. The first-order chi connectivity index (χ1) is 12.3. The first-order valence-electron chi connectivity index (χ1n) is 7.58. The summed E-state index contributed by atoms with van der Waals surface area (Å²) in [7, 11) is 0. The Hall–Kier alpha value is -2.23. The number of carbonyl (C=O) groups excluding carboxylic acids is 1. The second-order valence-corrected chi connectivity index (χ2v) is 6.27. The topological polar surface area (TPSA) is 70.2 Å². The number of hydrogen-bond acceptors (Lipinski definition) is 3. The van der Waals surface area contributed by atoms with Crippen molar-refractivity contribution in [2.45, 2.75) is 31.7 Å². The maximum Gasteiger partial charge on any atom is 0.432 e. The maximum atomic E-state index is 13.0. The summed E-state index contributed by atoms with van der Waals surface area (Å²) in [5, 5.41) is 6.42. The molecular formula is C16H14ClF6N3O. The largest absolute Gasteiger partial charge is 0.432 e. The average molecular weight is 414 g/mol. The van der Waals surface area contributed by atoms with Crippen molar-refractivity contribution in [3.63, 3.8) is 0 Å². The molecule has 3 N–H and O–H groups in total. The van der Waals surface area contributed by atoms with Crippen LogP contribution in [0.4, 0.5) is 26.3 Å². The number of benzene rings is 1. The number of halogens is 7. The molecule has 148 valence electrons. The Labute approximate surface area is 155 Å². The van der Waals surface area contributed by atoms with Crippen LogP contribution in [0, 0.1) is 5.41 Å². The molecular weight excluding hydrogens is 400 g/mol. The molecule has 0 aliphatic carbocycles. The number of alkyl halides is 6. The average Bonchev–Trinajstić information content (AvgIpc) is 2.54. The summed E-state index contributed by atoms with van der Waals surface area (Å²) in [5.74, 6) is -0.890. The second-order valence-electron chi connectivity index (χ2n) is 5.90. The highest BCUT2D eigenvalue weighted by Gasteiger charge is 2.41. The number of hydrogen-bond donors (Lipinski definition) is 2. The van der Waals surface area contributed by atoms with E-state index in [0.29, 0.717) is 0 Å². The van der Waals surface area contributed by atoms with Crippen LogP contribution in [0.15, 0.2) is 29.5 Å². The summed E-state index contributed by atoms with van der Waals surface area (Å²) in [5.41, 5.74) is 1.70. The maximum absolute atomic E-state index is 13.0. The van der Waals surface area contributed by atoms with E-state index in [4.69, 9.17) is 22.7 Å². The van der Waals surface area contributed by atoms with Crippen LogP contribution in [0.3, 0.4) is 0 Å². The molecule has 1 aromatic rings. The lowest BCUT2D eigenvalue weighted by Crippen LogP contribution is -2.47. The quantitative estimate of drug-likeness (QED) is 0.557. The van der Waals surface area contributed by atoms with Gasteiger partial charge in [-0.05, 0) is 25.5 Å². The third-order valence-electron chi connectivity index (χ3n) is 4.25. The van der Waals surface area contributed by atoms with Gasteiger partial charge in [0.1, 0.15) is 5.71 Å². The molecule has 0 fully saturated rings. The molecule has 0 saturated carbocycles. The third kappa shape index (κ3) is 4.05. The standard InChI is InChI=1S/C16H14ClF6N3O/c1-7-12(24)9(13(25)16(21,22)23)5-6-26(7)14(27)8-3-2-4-10(11(8)17)15(18,19)20/h2-4,7,25H,5-6,24H2,1H3. The molecule has 1 aromatic carbocycles. The van der Waals surface area contributed by atoms with Crippen LogP contribution in [0.25, 0.3) is 0 Å². The summed E-state index contributed by atoms with van der Waals surface area (Å²) in [6.45, 7) is 1.08. The van der Waals surface area contributed by atoms with E-state index in [0.717, 1.165) is 23.1 Å². The monoisotopic (exact) mass is 413 g/mol. The fraction of sp³-hybridized carbons (Fsp3) is 0.375. The van der Waals surface area contributed by atoms with Crippen LogP contribution in [-0.2, 0) is 6.18 Å². The molecule has 1 aliphatic heterocycles. The number of carbonyl (C=O) groups is 1. The molecule has 1 amide bonds. The zero-order valence-electron chi connectivity index (χ0n) is 13.8. The van der Waals surface area contributed by atoms with E-state index in [1.54, 1.807) is 0 Å². The lowest BCUT2D eigenvalue weighted by Gasteiger charge is -2.36. The summed E-state index contributed by atoms with van der Waals surface area (Å²) in [6, 6.07) is 1.78. The van der Waals surface area contributed by atoms with Crippen molar-refractivity contribution in [2.24, 2.45) is 5.73 Å². The van der Waals surface area contributed by atoms with Gasteiger partial charge in [0.05, 0.1) is 22.2 Å². The second kappa shape index (κ2) is 7.06. The summed E-state index contributed by atoms with van der Waals surface area (Å²) >= 11 is 5.74. The first kappa shape index (κ1) is 21.1. The Morgan fingerprint density at radius 3 is 2.37 bits per heavy atom. The molecule has 0 aromatic heterocycles. The molecule has 0 spiro atoms. The number of rotatable bonds is 2. The highest BCUT2D eigenvalue weighted by molar-refractivity contribution is 6.34. The van der Waals surface area contributed by atoms with Crippen molar-refractivity contribution >= 4 is 23.2 Å². The molecule has 1 unspecified atom stereocenters. The van der Waals surface area contributed by atoms with Gasteiger partial charge in [0.2, 0.25) is 0 Å². The van der Waals surface area contributed by atoms with Gasteiger partial charge in [0.25, 0.3) is 5.91 Å². The van der Waals surface area contributed by atoms with Gasteiger partial charge in [-0.3, -0.25) is 10.2 Å². The summed E-state index contributed by atoms with van der Waals surface area (Å²) in [4.78, 5) is 13.7. The lowest BCUT2D eigenvalue weighted by molar-refractivity contribution is -0.137. The van der Waals surface area contributed by atoms with Crippen molar-refractivity contribution in [1.29, 1.82) is 5.41 Å². The van der Waals surface area contributed by atoms with Gasteiger partial charge in [-0.1, -0.05) is 17.7 Å². The lowest BCUT2D eigenvalue weighted by atomic mass is 9.94. The Bertz CT molecular complexity index is 815. The number of nitrogens with one attached hydrogen (secondary N) is 1. The van der Waals surface area contributed by atoms with Crippen molar-refractivity contribution in [3.05, 3.63) is 45.6 Å². The zero-order valence-corrected chi connectivity index (χ0v) is 14.6. The number of nitrogens with zero attached hydrogens (tertiary/aromatic N) is 1. The molecule has 1 heterocycles. The normalized spacial score (nSPS) is 18.7. The molecule has 27 heavy (non-hydrogen) atoms. The van der Waals surface area contributed by atoms with E-state index < -0.39 is 51.7 Å². The number of amides is 1. The Morgan fingerprint density at radius 2 is 1.85 bits per heavy atom. The minimum absolute atomic E-state index is 0.249. The van der Waals surface area contributed by atoms with Crippen molar-refractivity contribution in [1.82, 2.24) is 4.90 Å². The van der Waals surface area contributed by atoms with Crippen LogP contribution >= 0.6 is 11.6 Å². The van der Waals surface area contributed by atoms with Crippen molar-refractivity contribution in [2.75, 3.05) is 6.54 Å². The molecule has 1 atom stereocenters. The highest BCUT2D eigenvalue weighted by atomic mass is 35.5. The minimum Gasteiger partial charge on any atom is -0.400 e. The molecule has 0 saturated heterocycles. The third-order valence-corrected chi connectivity index (χ3v) is 4.66.